The van der Waals surface area contributed by atoms with Gasteiger partial charge in [0.25, 0.3) is 0 Å². The lowest BCUT2D eigenvalue weighted by atomic mass is 10.2. The fourth-order valence-corrected chi connectivity index (χ4v) is 3.52. The van der Waals surface area contributed by atoms with E-state index >= 15 is 0 Å². The number of hydrogen-bond donors (Lipinski definition) is 1. The second-order valence-electron chi connectivity index (χ2n) is 6.82. The second kappa shape index (κ2) is 11.1. The summed E-state index contributed by atoms with van der Waals surface area (Å²) in [6.07, 6.45) is 0.864. The first-order chi connectivity index (χ1) is 15.0. The van der Waals surface area contributed by atoms with E-state index in [1.54, 1.807) is 18.2 Å². The van der Waals surface area contributed by atoms with Crippen molar-refractivity contribution in [3.05, 3.63) is 58.4 Å². The lowest BCUT2D eigenvalue weighted by molar-refractivity contribution is -0.117. The summed E-state index contributed by atoms with van der Waals surface area (Å²) in [6.45, 7) is 5.69. The summed E-state index contributed by atoms with van der Waals surface area (Å²) in [6, 6.07) is 12.5. The minimum absolute atomic E-state index is 0.153. The SMILES string of the molecule is CCCN(CC(=O)Nc1ccc(Cl)cc1Cl)Cc1nc(-c2ccccc2OCC)no1. The van der Waals surface area contributed by atoms with Crippen LogP contribution >= 0.6 is 23.2 Å². The van der Waals surface area contributed by atoms with E-state index in [0.717, 1.165) is 12.0 Å². The molecular weight excluding hydrogens is 439 g/mol. The van der Waals surface area contributed by atoms with E-state index < -0.39 is 0 Å². The first-order valence-corrected chi connectivity index (χ1v) is 10.8. The quantitative estimate of drug-likeness (QED) is 0.440. The Labute approximate surface area is 191 Å². The van der Waals surface area contributed by atoms with Crippen LogP contribution in [0, 0.1) is 0 Å². The molecule has 31 heavy (non-hydrogen) atoms. The van der Waals surface area contributed by atoms with E-state index in [1.165, 1.54) is 0 Å². The number of rotatable bonds is 10. The van der Waals surface area contributed by atoms with E-state index in [9.17, 15) is 4.79 Å². The normalized spacial score (nSPS) is 11.0. The molecule has 1 N–H and O–H groups in total. The van der Waals surface area contributed by atoms with Crippen LogP contribution < -0.4 is 10.1 Å². The van der Waals surface area contributed by atoms with Crippen LogP contribution in [-0.4, -0.2) is 40.6 Å². The van der Waals surface area contributed by atoms with Gasteiger partial charge in [0.15, 0.2) is 0 Å². The topological polar surface area (TPSA) is 80.5 Å². The van der Waals surface area contributed by atoms with Crippen molar-refractivity contribution in [2.24, 2.45) is 0 Å². The van der Waals surface area contributed by atoms with Crippen LogP contribution in [0.1, 0.15) is 26.2 Å². The minimum atomic E-state index is -0.195. The molecule has 1 aromatic heterocycles. The number of hydrogen-bond acceptors (Lipinski definition) is 6. The predicted octanol–water partition coefficient (Wildman–Crippen LogP) is 5.29. The van der Waals surface area contributed by atoms with Crippen molar-refractivity contribution in [3.63, 3.8) is 0 Å². The highest BCUT2D eigenvalue weighted by Crippen LogP contribution is 2.28. The fourth-order valence-electron chi connectivity index (χ4n) is 3.07. The molecule has 0 radical (unpaired) electrons. The molecule has 0 aliphatic carbocycles. The Morgan fingerprint density at radius 1 is 1.19 bits per heavy atom. The molecule has 1 heterocycles. The highest BCUT2D eigenvalue weighted by atomic mass is 35.5. The summed E-state index contributed by atoms with van der Waals surface area (Å²) in [4.78, 5) is 19.0. The van der Waals surface area contributed by atoms with Crippen molar-refractivity contribution in [2.45, 2.75) is 26.8 Å². The summed E-state index contributed by atoms with van der Waals surface area (Å²) >= 11 is 12.0. The molecule has 9 heteroatoms. The number of aromatic nitrogens is 2. The van der Waals surface area contributed by atoms with Crippen LogP contribution in [0.3, 0.4) is 0 Å². The summed E-state index contributed by atoms with van der Waals surface area (Å²) < 4.78 is 11.1. The maximum atomic E-state index is 12.5. The molecule has 0 fully saturated rings. The number of amides is 1. The summed E-state index contributed by atoms with van der Waals surface area (Å²) in [5, 5.41) is 7.79. The van der Waals surface area contributed by atoms with E-state index in [1.807, 2.05) is 43.0 Å². The predicted molar refractivity (Wildman–Crippen MR) is 122 cm³/mol. The maximum Gasteiger partial charge on any atom is 0.241 e. The number of ether oxygens (including phenoxy) is 1. The van der Waals surface area contributed by atoms with Gasteiger partial charge in [0.1, 0.15) is 5.75 Å². The molecule has 0 spiro atoms. The van der Waals surface area contributed by atoms with Crippen molar-refractivity contribution >= 4 is 34.8 Å². The molecule has 0 aliphatic rings. The van der Waals surface area contributed by atoms with Crippen molar-refractivity contribution in [1.82, 2.24) is 15.0 Å². The largest absolute Gasteiger partial charge is 0.493 e. The third-order valence-electron chi connectivity index (χ3n) is 4.37. The smallest absolute Gasteiger partial charge is 0.241 e. The van der Waals surface area contributed by atoms with Crippen LogP contribution in [0.2, 0.25) is 10.0 Å². The minimum Gasteiger partial charge on any atom is -0.493 e. The summed E-state index contributed by atoms with van der Waals surface area (Å²) in [7, 11) is 0. The van der Waals surface area contributed by atoms with Crippen LogP contribution in [0.15, 0.2) is 47.0 Å². The Hall–Kier alpha value is -2.61. The molecule has 7 nitrogen and oxygen atoms in total. The number of carbonyl (C=O) groups is 1. The van der Waals surface area contributed by atoms with E-state index in [4.69, 9.17) is 32.5 Å². The van der Waals surface area contributed by atoms with Gasteiger partial charge in [-0.25, -0.2) is 0 Å². The fraction of sp³-hybridized carbons (Fsp3) is 0.318. The lowest BCUT2D eigenvalue weighted by Gasteiger charge is -2.19. The van der Waals surface area contributed by atoms with Gasteiger partial charge >= 0.3 is 0 Å². The van der Waals surface area contributed by atoms with Gasteiger partial charge < -0.3 is 14.6 Å². The Morgan fingerprint density at radius 2 is 2.00 bits per heavy atom. The molecule has 0 bridgehead atoms. The Bertz CT molecular complexity index is 1030. The molecule has 164 valence electrons. The number of nitrogens with one attached hydrogen (secondary N) is 1. The van der Waals surface area contributed by atoms with E-state index in [2.05, 4.69) is 15.5 Å². The number of carbonyl (C=O) groups excluding carboxylic acids is 1. The van der Waals surface area contributed by atoms with Gasteiger partial charge in [0.05, 0.1) is 36.0 Å². The molecule has 2 aromatic carbocycles. The number of nitrogens with zero attached hydrogens (tertiary/aromatic N) is 3. The molecule has 0 aliphatic heterocycles. The average molecular weight is 463 g/mol. The van der Waals surface area contributed by atoms with Crippen LogP contribution in [0.5, 0.6) is 5.75 Å². The highest BCUT2D eigenvalue weighted by molar-refractivity contribution is 6.36. The van der Waals surface area contributed by atoms with Gasteiger partial charge in [0.2, 0.25) is 17.6 Å². The molecule has 3 aromatic rings. The van der Waals surface area contributed by atoms with Crippen molar-refractivity contribution < 1.29 is 14.1 Å². The Balaban J connectivity index is 1.67. The number of para-hydroxylation sites is 1. The first kappa shape index (κ1) is 23.1. The Morgan fingerprint density at radius 3 is 2.74 bits per heavy atom. The first-order valence-electron chi connectivity index (χ1n) is 10.0. The van der Waals surface area contributed by atoms with Crippen molar-refractivity contribution in [1.29, 1.82) is 0 Å². The van der Waals surface area contributed by atoms with Crippen LogP contribution in [0.25, 0.3) is 11.4 Å². The third kappa shape index (κ3) is 6.43. The van der Waals surface area contributed by atoms with Gasteiger partial charge in [-0.15, -0.1) is 0 Å². The standard InChI is InChI=1S/C22H24Cl2N4O3/c1-3-11-28(13-20(29)25-18-10-9-15(23)12-17(18)24)14-21-26-22(27-31-21)16-7-5-6-8-19(16)30-4-2/h5-10,12H,3-4,11,13-14H2,1-2H3,(H,25,29). The number of anilines is 1. The summed E-state index contributed by atoms with van der Waals surface area (Å²) in [5.74, 6) is 1.38. The summed E-state index contributed by atoms with van der Waals surface area (Å²) in [5.41, 5.74) is 1.27. The van der Waals surface area contributed by atoms with Crippen molar-refractivity contribution in [3.8, 4) is 17.1 Å². The maximum absolute atomic E-state index is 12.5. The molecule has 3 rings (SSSR count). The Kier molecular flexibility index (Phi) is 8.28. The third-order valence-corrected chi connectivity index (χ3v) is 4.91. The highest BCUT2D eigenvalue weighted by Gasteiger charge is 2.18. The molecule has 0 saturated carbocycles. The van der Waals surface area contributed by atoms with Crippen molar-refractivity contribution in [2.75, 3.05) is 25.0 Å². The van der Waals surface area contributed by atoms with E-state index in [0.29, 0.717) is 52.9 Å². The van der Waals surface area contributed by atoms with Crippen LogP contribution in [-0.2, 0) is 11.3 Å². The lowest BCUT2D eigenvalue weighted by Crippen LogP contribution is -2.33. The molecular formula is C22H24Cl2N4O3. The van der Waals surface area contributed by atoms with E-state index in [-0.39, 0.29) is 12.5 Å². The number of benzene rings is 2. The molecule has 0 atom stereocenters. The zero-order chi connectivity index (χ0) is 22.2. The van der Waals surface area contributed by atoms with Gasteiger partial charge in [-0.1, -0.05) is 47.4 Å². The zero-order valence-electron chi connectivity index (χ0n) is 17.4. The number of halogens is 2. The second-order valence-corrected chi connectivity index (χ2v) is 7.67. The van der Waals surface area contributed by atoms with Gasteiger partial charge in [-0.2, -0.15) is 4.98 Å². The molecule has 1 amide bonds. The van der Waals surface area contributed by atoms with Gasteiger partial charge in [-0.3, -0.25) is 9.69 Å². The molecule has 0 saturated heterocycles. The average Bonchev–Trinajstić information content (AvgIpc) is 3.19. The van der Waals surface area contributed by atoms with Crippen LogP contribution in [0.4, 0.5) is 5.69 Å². The molecule has 0 unspecified atom stereocenters. The van der Waals surface area contributed by atoms with Gasteiger partial charge in [-0.05, 0) is 50.2 Å². The van der Waals surface area contributed by atoms with Gasteiger partial charge in [0, 0.05) is 5.02 Å². The zero-order valence-corrected chi connectivity index (χ0v) is 18.9. The monoisotopic (exact) mass is 462 g/mol.